The zero-order chi connectivity index (χ0) is 11.4. The Morgan fingerprint density at radius 3 is 2.62 bits per heavy atom. The summed E-state index contributed by atoms with van der Waals surface area (Å²) in [5.41, 5.74) is 3.01. The first-order valence-electron chi connectivity index (χ1n) is 5.15. The quantitative estimate of drug-likeness (QED) is 0.824. The van der Waals surface area contributed by atoms with E-state index in [0.717, 1.165) is 34.9 Å². The van der Waals surface area contributed by atoms with Gasteiger partial charge in [0.2, 0.25) is 0 Å². The van der Waals surface area contributed by atoms with Crippen molar-refractivity contribution in [2.75, 3.05) is 5.75 Å². The molecule has 0 saturated carbocycles. The Hall–Kier alpha value is -1.42. The van der Waals surface area contributed by atoms with Crippen molar-refractivity contribution >= 4 is 12.6 Å². The Morgan fingerprint density at radius 1 is 1.19 bits per heavy atom. The van der Waals surface area contributed by atoms with Crippen LogP contribution in [-0.4, -0.2) is 20.7 Å². The second-order valence-electron chi connectivity index (χ2n) is 3.52. The molecule has 82 valence electrons. The Bertz CT molecular complexity index is 471. The van der Waals surface area contributed by atoms with Gasteiger partial charge in [-0.2, -0.15) is 12.6 Å². The lowest BCUT2D eigenvalue weighted by molar-refractivity contribution is 0.930. The summed E-state index contributed by atoms with van der Waals surface area (Å²) in [6.07, 6.45) is 4.33. The van der Waals surface area contributed by atoms with Gasteiger partial charge in [-0.25, -0.2) is 9.97 Å². The third kappa shape index (κ3) is 2.58. The summed E-state index contributed by atoms with van der Waals surface area (Å²) in [6, 6.07) is 5.88. The van der Waals surface area contributed by atoms with Crippen molar-refractivity contribution in [3.8, 4) is 11.3 Å². The van der Waals surface area contributed by atoms with Crippen LogP contribution < -0.4 is 0 Å². The molecule has 0 aliphatic carbocycles. The molecule has 0 bridgehead atoms. The summed E-state index contributed by atoms with van der Waals surface area (Å²) in [7, 11) is 0. The molecule has 3 nitrogen and oxygen atoms in total. The molecule has 0 aliphatic rings. The molecule has 4 heteroatoms. The van der Waals surface area contributed by atoms with Gasteiger partial charge in [0.25, 0.3) is 0 Å². The number of aryl methyl sites for hydroxylation is 2. The maximum Gasteiger partial charge on any atom is 0.130 e. The molecule has 0 saturated heterocycles. The standard InChI is InChI=1S/C12H13N3S/c1-9-8-11(10-2-5-13-6-3-10)15-12(14-9)4-7-16/h2-3,5-6,8,16H,4,7H2,1H3. The molecular weight excluding hydrogens is 218 g/mol. The third-order valence-electron chi connectivity index (χ3n) is 2.21. The topological polar surface area (TPSA) is 38.7 Å². The van der Waals surface area contributed by atoms with E-state index in [0.29, 0.717) is 0 Å². The Morgan fingerprint density at radius 2 is 1.94 bits per heavy atom. The molecule has 16 heavy (non-hydrogen) atoms. The van der Waals surface area contributed by atoms with Crippen LogP contribution >= 0.6 is 12.6 Å². The summed E-state index contributed by atoms with van der Waals surface area (Å²) >= 11 is 4.20. The van der Waals surface area contributed by atoms with E-state index in [1.807, 2.05) is 25.1 Å². The van der Waals surface area contributed by atoms with E-state index < -0.39 is 0 Å². The first-order valence-corrected chi connectivity index (χ1v) is 5.78. The van der Waals surface area contributed by atoms with Gasteiger partial charge in [-0.15, -0.1) is 0 Å². The molecule has 2 aromatic heterocycles. The van der Waals surface area contributed by atoms with Crippen LogP contribution in [0.3, 0.4) is 0 Å². The Kier molecular flexibility index (Phi) is 3.51. The smallest absolute Gasteiger partial charge is 0.130 e. The molecule has 2 heterocycles. The predicted molar refractivity (Wildman–Crippen MR) is 67.6 cm³/mol. The fourth-order valence-electron chi connectivity index (χ4n) is 1.51. The summed E-state index contributed by atoms with van der Waals surface area (Å²) < 4.78 is 0. The summed E-state index contributed by atoms with van der Waals surface area (Å²) in [4.78, 5) is 12.9. The van der Waals surface area contributed by atoms with Crippen LogP contribution in [0, 0.1) is 6.92 Å². The van der Waals surface area contributed by atoms with E-state index in [9.17, 15) is 0 Å². The molecular formula is C12H13N3S. The second-order valence-corrected chi connectivity index (χ2v) is 3.97. The number of pyridine rings is 1. The average molecular weight is 231 g/mol. The molecule has 0 radical (unpaired) electrons. The van der Waals surface area contributed by atoms with Crippen molar-refractivity contribution in [1.29, 1.82) is 0 Å². The molecule has 0 N–H and O–H groups in total. The maximum absolute atomic E-state index is 4.51. The largest absolute Gasteiger partial charge is 0.265 e. The van der Waals surface area contributed by atoms with Gasteiger partial charge >= 0.3 is 0 Å². The van der Waals surface area contributed by atoms with E-state index in [1.165, 1.54) is 0 Å². The number of rotatable bonds is 3. The van der Waals surface area contributed by atoms with Crippen molar-refractivity contribution in [2.24, 2.45) is 0 Å². The van der Waals surface area contributed by atoms with Crippen LogP contribution in [0.2, 0.25) is 0 Å². The minimum absolute atomic E-state index is 0.763. The minimum Gasteiger partial charge on any atom is -0.265 e. The lowest BCUT2D eigenvalue weighted by Crippen LogP contribution is -2.00. The normalized spacial score (nSPS) is 10.4. The Balaban J connectivity index is 2.41. The molecule has 0 spiro atoms. The van der Waals surface area contributed by atoms with Crippen LogP contribution in [0.5, 0.6) is 0 Å². The molecule has 2 rings (SSSR count). The zero-order valence-corrected chi connectivity index (χ0v) is 9.98. The van der Waals surface area contributed by atoms with Crippen LogP contribution in [0.15, 0.2) is 30.6 Å². The molecule has 0 fully saturated rings. The fraction of sp³-hybridized carbons (Fsp3) is 0.250. The van der Waals surface area contributed by atoms with E-state index in [4.69, 9.17) is 0 Å². The van der Waals surface area contributed by atoms with Gasteiger partial charge in [0.1, 0.15) is 5.82 Å². The number of hydrogen-bond donors (Lipinski definition) is 1. The minimum atomic E-state index is 0.763. The third-order valence-corrected chi connectivity index (χ3v) is 2.44. The SMILES string of the molecule is Cc1cc(-c2ccncc2)nc(CCS)n1. The van der Waals surface area contributed by atoms with Crippen molar-refractivity contribution in [1.82, 2.24) is 15.0 Å². The fourth-order valence-corrected chi connectivity index (χ4v) is 1.71. The van der Waals surface area contributed by atoms with E-state index in [1.54, 1.807) is 12.4 Å². The van der Waals surface area contributed by atoms with Gasteiger partial charge in [-0.05, 0) is 30.9 Å². The lowest BCUT2D eigenvalue weighted by Gasteiger charge is -2.04. The predicted octanol–water partition coefficient (Wildman–Crippen LogP) is 2.32. The van der Waals surface area contributed by atoms with Crippen LogP contribution in [0.1, 0.15) is 11.5 Å². The first-order chi connectivity index (χ1) is 7.79. The highest BCUT2D eigenvalue weighted by Gasteiger charge is 2.03. The van der Waals surface area contributed by atoms with E-state index >= 15 is 0 Å². The molecule has 0 unspecified atom stereocenters. The molecule has 0 atom stereocenters. The van der Waals surface area contributed by atoms with E-state index in [2.05, 4.69) is 27.6 Å². The average Bonchev–Trinajstić information content (AvgIpc) is 2.30. The summed E-state index contributed by atoms with van der Waals surface area (Å²) in [5, 5.41) is 0. The highest BCUT2D eigenvalue weighted by molar-refractivity contribution is 7.80. The van der Waals surface area contributed by atoms with Crippen molar-refractivity contribution in [3.05, 3.63) is 42.1 Å². The first kappa shape index (κ1) is 11.1. The van der Waals surface area contributed by atoms with Gasteiger partial charge in [0, 0.05) is 30.1 Å². The van der Waals surface area contributed by atoms with Crippen molar-refractivity contribution < 1.29 is 0 Å². The van der Waals surface area contributed by atoms with Crippen molar-refractivity contribution in [2.45, 2.75) is 13.3 Å². The Labute approximate surface area is 100 Å². The van der Waals surface area contributed by atoms with Crippen LogP contribution in [0.4, 0.5) is 0 Å². The monoisotopic (exact) mass is 231 g/mol. The highest BCUT2D eigenvalue weighted by Crippen LogP contribution is 2.16. The highest BCUT2D eigenvalue weighted by atomic mass is 32.1. The zero-order valence-electron chi connectivity index (χ0n) is 9.09. The summed E-state index contributed by atoms with van der Waals surface area (Å²) in [5.74, 6) is 1.61. The van der Waals surface area contributed by atoms with Gasteiger partial charge in [-0.1, -0.05) is 0 Å². The van der Waals surface area contributed by atoms with Crippen LogP contribution in [0.25, 0.3) is 11.3 Å². The number of aromatic nitrogens is 3. The van der Waals surface area contributed by atoms with Crippen LogP contribution in [-0.2, 0) is 6.42 Å². The second kappa shape index (κ2) is 5.07. The number of nitrogens with zero attached hydrogens (tertiary/aromatic N) is 3. The number of hydrogen-bond acceptors (Lipinski definition) is 4. The summed E-state index contributed by atoms with van der Waals surface area (Å²) in [6.45, 7) is 1.98. The maximum atomic E-state index is 4.51. The van der Waals surface area contributed by atoms with Gasteiger partial charge < -0.3 is 0 Å². The lowest BCUT2D eigenvalue weighted by atomic mass is 10.2. The molecule has 2 aromatic rings. The molecule has 0 amide bonds. The van der Waals surface area contributed by atoms with Gasteiger partial charge in [0.05, 0.1) is 5.69 Å². The number of thiol groups is 1. The van der Waals surface area contributed by atoms with Gasteiger partial charge in [0.15, 0.2) is 0 Å². The van der Waals surface area contributed by atoms with Crippen molar-refractivity contribution in [3.63, 3.8) is 0 Å². The molecule has 0 aromatic carbocycles. The molecule has 0 aliphatic heterocycles. The van der Waals surface area contributed by atoms with Gasteiger partial charge in [-0.3, -0.25) is 4.98 Å². The van der Waals surface area contributed by atoms with E-state index in [-0.39, 0.29) is 0 Å².